The molecule has 0 aliphatic heterocycles. The molecule has 0 atom stereocenters. The maximum absolute atomic E-state index is 11.4. The number of aryl methyl sites for hydroxylation is 2. The number of hydrogen-bond acceptors (Lipinski definition) is 3. The minimum absolute atomic E-state index is 0.0169. The molecule has 98 valence electrons. The minimum Gasteiger partial charge on any atom is -0.482 e. The van der Waals surface area contributed by atoms with Crippen molar-refractivity contribution in [2.24, 2.45) is 0 Å². The van der Waals surface area contributed by atoms with E-state index >= 15 is 0 Å². The van der Waals surface area contributed by atoms with Gasteiger partial charge in [-0.1, -0.05) is 6.07 Å². The Morgan fingerprint density at radius 2 is 1.94 bits per heavy atom. The molecule has 0 spiro atoms. The molecule has 0 saturated carbocycles. The van der Waals surface area contributed by atoms with Crippen LogP contribution in [0.1, 0.15) is 37.8 Å². The summed E-state index contributed by atoms with van der Waals surface area (Å²) in [6.45, 7) is 3.64. The first kappa shape index (κ1) is 12.9. The van der Waals surface area contributed by atoms with E-state index in [4.69, 9.17) is 9.47 Å². The van der Waals surface area contributed by atoms with Crippen LogP contribution in [-0.2, 0) is 22.4 Å². The summed E-state index contributed by atoms with van der Waals surface area (Å²) in [5.74, 6) is 0.444. The molecule has 2 rings (SSSR count). The molecule has 0 heterocycles. The highest BCUT2D eigenvalue weighted by Crippen LogP contribution is 2.25. The van der Waals surface area contributed by atoms with Crippen molar-refractivity contribution in [3.8, 4) is 5.75 Å². The van der Waals surface area contributed by atoms with Gasteiger partial charge in [-0.05, 0) is 62.8 Å². The van der Waals surface area contributed by atoms with Crippen molar-refractivity contribution >= 4 is 5.97 Å². The van der Waals surface area contributed by atoms with E-state index in [0.29, 0.717) is 0 Å². The average molecular weight is 248 g/mol. The lowest BCUT2D eigenvalue weighted by Gasteiger charge is -2.16. The van der Waals surface area contributed by atoms with Gasteiger partial charge < -0.3 is 9.47 Å². The molecule has 1 aromatic rings. The maximum Gasteiger partial charge on any atom is 0.344 e. The van der Waals surface area contributed by atoms with Crippen molar-refractivity contribution in [1.82, 2.24) is 0 Å². The van der Waals surface area contributed by atoms with Crippen LogP contribution in [0, 0.1) is 0 Å². The fraction of sp³-hybridized carbons (Fsp3) is 0.533. The van der Waals surface area contributed by atoms with Gasteiger partial charge in [0.25, 0.3) is 0 Å². The zero-order valence-electron chi connectivity index (χ0n) is 11.1. The number of ether oxygens (including phenoxy) is 2. The third kappa shape index (κ3) is 3.49. The van der Waals surface area contributed by atoms with Crippen molar-refractivity contribution < 1.29 is 14.3 Å². The van der Waals surface area contributed by atoms with Gasteiger partial charge in [0, 0.05) is 0 Å². The first-order chi connectivity index (χ1) is 8.65. The van der Waals surface area contributed by atoms with E-state index in [2.05, 4.69) is 12.1 Å². The Morgan fingerprint density at radius 3 is 2.67 bits per heavy atom. The zero-order chi connectivity index (χ0) is 13.0. The van der Waals surface area contributed by atoms with E-state index in [9.17, 15) is 4.79 Å². The highest BCUT2D eigenvalue weighted by atomic mass is 16.6. The van der Waals surface area contributed by atoms with E-state index in [1.54, 1.807) is 0 Å². The van der Waals surface area contributed by atoms with Crippen LogP contribution in [0.25, 0.3) is 0 Å². The van der Waals surface area contributed by atoms with Crippen LogP contribution in [0.4, 0.5) is 0 Å². The summed E-state index contributed by atoms with van der Waals surface area (Å²) in [5.41, 5.74) is 2.77. The highest BCUT2D eigenvalue weighted by molar-refractivity contribution is 5.71. The average Bonchev–Trinajstić information content (AvgIpc) is 2.35. The number of carbonyl (C=O) groups is 1. The van der Waals surface area contributed by atoms with E-state index < -0.39 is 0 Å². The van der Waals surface area contributed by atoms with Gasteiger partial charge >= 0.3 is 5.97 Å². The van der Waals surface area contributed by atoms with Crippen LogP contribution in [0.2, 0.25) is 0 Å². The predicted octanol–water partition coefficient (Wildman–Crippen LogP) is 2.90. The number of esters is 1. The summed E-state index contributed by atoms with van der Waals surface area (Å²) in [5, 5.41) is 0. The van der Waals surface area contributed by atoms with Crippen molar-refractivity contribution in [2.45, 2.75) is 45.6 Å². The Bertz CT molecular complexity index is 424. The Labute approximate surface area is 108 Å². The highest BCUT2D eigenvalue weighted by Gasteiger charge is 2.11. The Morgan fingerprint density at radius 1 is 1.22 bits per heavy atom. The molecule has 1 aromatic carbocycles. The fourth-order valence-electron chi connectivity index (χ4n) is 2.24. The molecule has 0 aromatic heterocycles. The minimum atomic E-state index is -0.317. The molecule has 0 N–H and O–H groups in total. The number of rotatable bonds is 4. The maximum atomic E-state index is 11.4. The first-order valence-corrected chi connectivity index (χ1v) is 6.59. The molecule has 0 unspecified atom stereocenters. The van der Waals surface area contributed by atoms with E-state index in [1.807, 2.05) is 19.9 Å². The SMILES string of the molecule is CC(C)OC(=O)COc1ccc2c(c1)CCCC2. The molecule has 1 aliphatic carbocycles. The second kappa shape index (κ2) is 5.89. The molecule has 0 fully saturated rings. The van der Waals surface area contributed by atoms with Gasteiger partial charge in [0.05, 0.1) is 6.10 Å². The smallest absolute Gasteiger partial charge is 0.344 e. The predicted molar refractivity (Wildman–Crippen MR) is 69.8 cm³/mol. The molecular formula is C15H20O3. The molecule has 0 bridgehead atoms. The number of fused-ring (bicyclic) bond motifs is 1. The van der Waals surface area contributed by atoms with Crippen molar-refractivity contribution in [3.05, 3.63) is 29.3 Å². The lowest BCUT2D eigenvalue weighted by molar-refractivity contribution is -0.149. The first-order valence-electron chi connectivity index (χ1n) is 6.59. The topological polar surface area (TPSA) is 35.5 Å². The summed E-state index contributed by atoms with van der Waals surface area (Å²) in [6, 6.07) is 6.10. The second-order valence-electron chi connectivity index (χ2n) is 4.96. The van der Waals surface area contributed by atoms with E-state index in [0.717, 1.165) is 18.6 Å². The fourth-order valence-corrected chi connectivity index (χ4v) is 2.24. The molecule has 3 nitrogen and oxygen atoms in total. The normalized spacial score (nSPS) is 14.2. The van der Waals surface area contributed by atoms with Crippen LogP contribution in [0.15, 0.2) is 18.2 Å². The van der Waals surface area contributed by atoms with Crippen LogP contribution in [-0.4, -0.2) is 18.7 Å². The molecule has 3 heteroatoms. The summed E-state index contributed by atoms with van der Waals surface area (Å²) in [4.78, 5) is 11.4. The quantitative estimate of drug-likeness (QED) is 0.769. The standard InChI is InChI=1S/C15H20O3/c1-11(2)18-15(16)10-17-14-8-7-12-5-3-4-6-13(12)9-14/h7-9,11H,3-6,10H2,1-2H3. The monoisotopic (exact) mass is 248 g/mol. The second-order valence-corrected chi connectivity index (χ2v) is 4.96. The van der Waals surface area contributed by atoms with Crippen LogP contribution < -0.4 is 4.74 Å². The van der Waals surface area contributed by atoms with E-state index in [1.165, 1.54) is 24.0 Å². The Hall–Kier alpha value is -1.51. The van der Waals surface area contributed by atoms with E-state index in [-0.39, 0.29) is 18.7 Å². The van der Waals surface area contributed by atoms with Gasteiger partial charge in [-0.15, -0.1) is 0 Å². The third-order valence-corrected chi connectivity index (χ3v) is 3.04. The number of hydrogen-bond donors (Lipinski definition) is 0. The molecule has 0 saturated heterocycles. The number of benzene rings is 1. The van der Waals surface area contributed by atoms with Crippen molar-refractivity contribution in [2.75, 3.05) is 6.61 Å². The van der Waals surface area contributed by atoms with Gasteiger partial charge in [-0.3, -0.25) is 0 Å². The zero-order valence-corrected chi connectivity index (χ0v) is 11.1. The van der Waals surface area contributed by atoms with Gasteiger partial charge in [0.15, 0.2) is 6.61 Å². The third-order valence-electron chi connectivity index (χ3n) is 3.04. The summed E-state index contributed by atoms with van der Waals surface area (Å²) >= 11 is 0. The Kier molecular flexibility index (Phi) is 4.24. The van der Waals surface area contributed by atoms with Crippen LogP contribution in [0.3, 0.4) is 0 Å². The van der Waals surface area contributed by atoms with Gasteiger partial charge in [0.2, 0.25) is 0 Å². The summed E-state index contributed by atoms with van der Waals surface area (Å²) in [6.07, 6.45) is 4.69. The van der Waals surface area contributed by atoms with Gasteiger partial charge in [-0.2, -0.15) is 0 Å². The van der Waals surface area contributed by atoms with Crippen molar-refractivity contribution in [1.29, 1.82) is 0 Å². The van der Waals surface area contributed by atoms with Crippen molar-refractivity contribution in [3.63, 3.8) is 0 Å². The lowest BCUT2D eigenvalue weighted by atomic mass is 9.92. The van der Waals surface area contributed by atoms with Gasteiger partial charge in [-0.25, -0.2) is 4.79 Å². The molecule has 1 aliphatic rings. The molecular weight excluding hydrogens is 228 g/mol. The Balaban J connectivity index is 1.92. The molecule has 0 radical (unpaired) electrons. The van der Waals surface area contributed by atoms with Crippen LogP contribution in [0.5, 0.6) is 5.75 Å². The summed E-state index contributed by atoms with van der Waals surface area (Å²) < 4.78 is 10.5. The molecule has 0 amide bonds. The van der Waals surface area contributed by atoms with Crippen LogP contribution >= 0.6 is 0 Å². The largest absolute Gasteiger partial charge is 0.482 e. The molecule has 18 heavy (non-hydrogen) atoms. The van der Waals surface area contributed by atoms with Gasteiger partial charge in [0.1, 0.15) is 5.75 Å². The lowest BCUT2D eigenvalue weighted by Crippen LogP contribution is -2.18. The number of carbonyl (C=O) groups excluding carboxylic acids is 1. The summed E-state index contributed by atoms with van der Waals surface area (Å²) in [7, 11) is 0.